The van der Waals surface area contributed by atoms with E-state index in [1.54, 1.807) is 24.3 Å². The van der Waals surface area contributed by atoms with E-state index >= 15 is 0 Å². The molecule has 0 saturated heterocycles. The van der Waals surface area contributed by atoms with Crippen LogP contribution in [0.2, 0.25) is 10.0 Å². The van der Waals surface area contributed by atoms with Gasteiger partial charge in [-0.3, -0.25) is 4.79 Å². The van der Waals surface area contributed by atoms with Crippen LogP contribution >= 0.6 is 23.2 Å². The first-order chi connectivity index (χ1) is 9.54. The Bertz CT molecular complexity index is 818. The fourth-order valence-electron chi connectivity index (χ4n) is 2.06. The summed E-state index contributed by atoms with van der Waals surface area (Å²) in [6.07, 6.45) is 0. The lowest BCUT2D eigenvalue weighted by Gasteiger charge is -2.01. The zero-order chi connectivity index (χ0) is 14.3. The molecule has 20 heavy (non-hydrogen) atoms. The highest BCUT2D eigenvalue weighted by molar-refractivity contribution is 6.37. The zero-order valence-electron chi connectivity index (χ0n) is 10.6. The van der Waals surface area contributed by atoms with E-state index in [1.165, 1.54) is 0 Å². The summed E-state index contributed by atoms with van der Waals surface area (Å²) >= 11 is 11.9. The molecule has 0 radical (unpaired) electrons. The average Bonchev–Trinajstić information content (AvgIpc) is 2.81. The molecule has 1 heterocycles. The van der Waals surface area contributed by atoms with Crippen molar-refractivity contribution in [3.63, 3.8) is 0 Å². The molecule has 2 aromatic carbocycles. The number of carbonyl (C=O) groups excluding carboxylic acids is 1. The Morgan fingerprint density at radius 3 is 2.60 bits per heavy atom. The fraction of sp³-hybridized carbons (Fsp3) is 0.0625. The molecule has 4 heteroatoms. The summed E-state index contributed by atoms with van der Waals surface area (Å²) in [7, 11) is 0. The predicted octanol–water partition coefficient (Wildman–Crippen LogP) is 5.28. The normalized spacial score (nSPS) is 10.9. The van der Waals surface area contributed by atoms with E-state index in [-0.39, 0.29) is 11.5 Å². The van der Waals surface area contributed by atoms with Gasteiger partial charge in [0.25, 0.3) is 0 Å². The first-order valence-corrected chi connectivity index (χ1v) is 6.80. The SMILES string of the molecule is Cc1ccc2cc(C(=O)c3ccc(Cl)cc3Cl)oc2c1. The molecule has 0 N–H and O–H groups in total. The maximum atomic E-state index is 12.4. The van der Waals surface area contributed by atoms with E-state index < -0.39 is 0 Å². The second-order valence-corrected chi connectivity index (χ2v) is 5.45. The van der Waals surface area contributed by atoms with Gasteiger partial charge in [-0.1, -0.05) is 35.3 Å². The first-order valence-electron chi connectivity index (χ1n) is 6.04. The van der Waals surface area contributed by atoms with Crippen LogP contribution in [0, 0.1) is 6.92 Å². The molecular weight excluding hydrogens is 295 g/mol. The highest BCUT2D eigenvalue weighted by Gasteiger charge is 2.17. The molecule has 0 bridgehead atoms. The molecule has 3 aromatic rings. The third kappa shape index (κ3) is 2.33. The number of benzene rings is 2. The molecule has 0 fully saturated rings. The molecule has 1 aromatic heterocycles. The van der Waals surface area contributed by atoms with Crippen LogP contribution in [0.15, 0.2) is 46.9 Å². The second kappa shape index (κ2) is 4.97. The largest absolute Gasteiger partial charge is 0.453 e. The Hall–Kier alpha value is -1.77. The molecule has 3 rings (SSSR count). The summed E-state index contributed by atoms with van der Waals surface area (Å²) in [5, 5.41) is 1.70. The quantitative estimate of drug-likeness (QED) is 0.603. The van der Waals surface area contributed by atoms with Gasteiger partial charge in [-0.25, -0.2) is 0 Å². The Kier molecular flexibility index (Phi) is 3.28. The minimum Gasteiger partial charge on any atom is -0.453 e. The number of furan rings is 1. The van der Waals surface area contributed by atoms with Gasteiger partial charge in [0.05, 0.1) is 5.02 Å². The number of hydrogen-bond acceptors (Lipinski definition) is 2. The number of ketones is 1. The van der Waals surface area contributed by atoms with Crippen LogP contribution in [-0.4, -0.2) is 5.78 Å². The van der Waals surface area contributed by atoms with Crippen molar-refractivity contribution in [2.45, 2.75) is 6.92 Å². The summed E-state index contributed by atoms with van der Waals surface area (Å²) in [6, 6.07) is 12.3. The van der Waals surface area contributed by atoms with E-state index in [9.17, 15) is 4.79 Å². The average molecular weight is 305 g/mol. The molecule has 2 nitrogen and oxygen atoms in total. The molecule has 0 aliphatic carbocycles. The number of fused-ring (bicyclic) bond motifs is 1. The molecule has 0 amide bonds. The van der Waals surface area contributed by atoms with Gasteiger partial charge in [-0.15, -0.1) is 0 Å². The second-order valence-electron chi connectivity index (χ2n) is 4.61. The number of hydrogen-bond donors (Lipinski definition) is 0. The summed E-state index contributed by atoms with van der Waals surface area (Å²) in [5.41, 5.74) is 2.15. The van der Waals surface area contributed by atoms with Gasteiger partial charge in [0.2, 0.25) is 5.78 Å². The van der Waals surface area contributed by atoms with Crippen molar-refractivity contribution >= 4 is 40.0 Å². The maximum Gasteiger partial charge on any atom is 0.229 e. The minimum absolute atomic E-state index is 0.250. The Balaban J connectivity index is 2.08. The van der Waals surface area contributed by atoms with Crippen LogP contribution < -0.4 is 0 Å². The molecule has 0 aliphatic heterocycles. The Morgan fingerprint density at radius 1 is 1.05 bits per heavy atom. The molecule has 0 spiro atoms. The van der Waals surface area contributed by atoms with E-state index in [4.69, 9.17) is 27.6 Å². The van der Waals surface area contributed by atoms with Gasteiger partial charge < -0.3 is 4.42 Å². The van der Waals surface area contributed by atoms with E-state index in [0.29, 0.717) is 21.2 Å². The van der Waals surface area contributed by atoms with E-state index in [1.807, 2.05) is 25.1 Å². The van der Waals surface area contributed by atoms with Crippen molar-refractivity contribution in [1.29, 1.82) is 0 Å². The highest BCUT2D eigenvalue weighted by Crippen LogP contribution is 2.27. The topological polar surface area (TPSA) is 30.2 Å². The zero-order valence-corrected chi connectivity index (χ0v) is 12.1. The van der Waals surface area contributed by atoms with Crippen LogP contribution in [0.25, 0.3) is 11.0 Å². The first kappa shape index (κ1) is 13.2. The number of rotatable bonds is 2. The van der Waals surface area contributed by atoms with Gasteiger partial charge in [-0.05, 0) is 42.8 Å². The minimum atomic E-state index is -0.250. The number of aryl methyl sites for hydroxylation is 1. The molecule has 0 atom stereocenters. The Morgan fingerprint density at radius 2 is 1.85 bits per heavy atom. The molecule has 100 valence electrons. The predicted molar refractivity (Wildman–Crippen MR) is 80.8 cm³/mol. The highest BCUT2D eigenvalue weighted by atomic mass is 35.5. The van der Waals surface area contributed by atoms with Crippen molar-refractivity contribution in [2.75, 3.05) is 0 Å². The fourth-order valence-corrected chi connectivity index (χ4v) is 2.55. The summed E-state index contributed by atoms with van der Waals surface area (Å²) in [5.74, 6) is 0.0235. The van der Waals surface area contributed by atoms with Crippen LogP contribution in [0.5, 0.6) is 0 Å². The van der Waals surface area contributed by atoms with Gasteiger partial charge in [0.1, 0.15) is 5.58 Å². The van der Waals surface area contributed by atoms with Gasteiger partial charge in [0.15, 0.2) is 5.76 Å². The molecule has 0 saturated carbocycles. The van der Waals surface area contributed by atoms with E-state index in [0.717, 1.165) is 10.9 Å². The third-order valence-corrected chi connectivity index (χ3v) is 3.62. The summed E-state index contributed by atoms with van der Waals surface area (Å²) in [6.45, 7) is 1.97. The maximum absolute atomic E-state index is 12.4. The lowest BCUT2D eigenvalue weighted by Crippen LogP contribution is -2.00. The van der Waals surface area contributed by atoms with Gasteiger partial charge in [0, 0.05) is 16.0 Å². The van der Waals surface area contributed by atoms with Gasteiger partial charge in [-0.2, -0.15) is 0 Å². The van der Waals surface area contributed by atoms with Crippen molar-refractivity contribution < 1.29 is 9.21 Å². The summed E-state index contributed by atoms with van der Waals surface area (Å²) in [4.78, 5) is 12.4. The van der Waals surface area contributed by atoms with Gasteiger partial charge >= 0.3 is 0 Å². The van der Waals surface area contributed by atoms with Crippen molar-refractivity contribution in [1.82, 2.24) is 0 Å². The smallest absolute Gasteiger partial charge is 0.229 e. The van der Waals surface area contributed by atoms with Crippen molar-refractivity contribution in [2.24, 2.45) is 0 Å². The lowest BCUT2D eigenvalue weighted by atomic mass is 10.1. The van der Waals surface area contributed by atoms with Crippen LogP contribution in [0.1, 0.15) is 21.7 Å². The van der Waals surface area contributed by atoms with Crippen LogP contribution in [-0.2, 0) is 0 Å². The van der Waals surface area contributed by atoms with Crippen molar-refractivity contribution in [3.05, 3.63) is 69.4 Å². The number of halogens is 2. The standard InChI is InChI=1S/C16H10Cl2O2/c1-9-2-3-10-7-15(20-14(10)6-9)16(19)12-5-4-11(17)8-13(12)18/h2-8H,1H3. The molecule has 0 aliphatic rings. The number of carbonyl (C=O) groups is 1. The van der Waals surface area contributed by atoms with Crippen LogP contribution in [0.4, 0.5) is 0 Å². The molecular formula is C16H10Cl2O2. The van der Waals surface area contributed by atoms with E-state index in [2.05, 4.69) is 0 Å². The Labute approximate surface area is 125 Å². The monoisotopic (exact) mass is 304 g/mol. The third-order valence-electron chi connectivity index (χ3n) is 3.08. The van der Waals surface area contributed by atoms with Crippen molar-refractivity contribution in [3.8, 4) is 0 Å². The summed E-state index contributed by atoms with van der Waals surface area (Å²) < 4.78 is 5.61. The lowest BCUT2D eigenvalue weighted by molar-refractivity contribution is 0.101. The molecule has 0 unspecified atom stereocenters. The van der Waals surface area contributed by atoms with Crippen LogP contribution in [0.3, 0.4) is 0 Å².